The largest absolute Gasteiger partial charge is 0.314 e. The molecule has 0 saturated carbocycles. The van der Waals surface area contributed by atoms with E-state index in [9.17, 15) is 0 Å². The van der Waals surface area contributed by atoms with E-state index in [4.69, 9.17) is 0 Å². The number of rotatable bonds is 6. The molecule has 0 spiro atoms. The summed E-state index contributed by atoms with van der Waals surface area (Å²) in [6.45, 7) is 14.3. The summed E-state index contributed by atoms with van der Waals surface area (Å²) >= 11 is 0. The first kappa shape index (κ1) is 13.0. The molecule has 0 radical (unpaired) electrons. The molecule has 0 bridgehead atoms. The van der Waals surface area contributed by atoms with E-state index in [0.717, 1.165) is 6.54 Å². The van der Waals surface area contributed by atoms with Crippen molar-refractivity contribution in [2.75, 3.05) is 26.2 Å². The lowest BCUT2D eigenvalue weighted by Crippen LogP contribution is -2.32. The van der Waals surface area contributed by atoms with Crippen LogP contribution in [0.15, 0.2) is 0 Å². The predicted octanol–water partition coefficient (Wildman–Crippen LogP) is 2.50. The summed E-state index contributed by atoms with van der Waals surface area (Å²) in [6.07, 6.45) is 3.89. The van der Waals surface area contributed by atoms with Crippen LogP contribution in [0, 0.1) is 5.41 Å². The summed E-state index contributed by atoms with van der Waals surface area (Å²) in [5.41, 5.74) is 0.556. The van der Waals surface area contributed by atoms with Crippen LogP contribution in [0.3, 0.4) is 0 Å². The summed E-state index contributed by atoms with van der Waals surface area (Å²) in [5.74, 6) is 0. The molecule has 1 atom stereocenters. The standard InChI is InChI=1S/C13H28N2/c1-5-8-14-12(2)6-9-15-10-7-13(3,4)11-15/h12,14H,5-11H2,1-4H3. The zero-order chi connectivity index (χ0) is 11.3. The summed E-state index contributed by atoms with van der Waals surface area (Å²) in [4.78, 5) is 2.62. The molecule has 1 saturated heterocycles. The van der Waals surface area contributed by atoms with E-state index in [-0.39, 0.29) is 0 Å². The summed E-state index contributed by atoms with van der Waals surface area (Å²) in [7, 11) is 0. The Labute approximate surface area is 95.4 Å². The van der Waals surface area contributed by atoms with Crippen LogP contribution < -0.4 is 5.32 Å². The van der Waals surface area contributed by atoms with Crippen molar-refractivity contribution < 1.29 is 0 Å². The molecule has 0 aromatic carbocycles. The Morgan fingerprint density at radius 3 is 2.67 bits per heavy atom. The normalized spacial score (nSPS) is 23.2. The molecular weight excluding hydrogens is 184 g/mol. The van der Waals surface area contributed by atoms with Crippen molar-refractivity contribution in [3.63, 3.8) is 0 Å². The summed E-state index contributed by atoms with van der Waals surface area (Å²) < 4.78 is 0. The van der Waals surface area contributed by atoms with E-state index in [1.165, 1.54) is 38.9 Å². The van der Waals surface area contributed by atoms with Crippen LogP contribution in [-0.2, 0) is 0 Å². The molecule has 1 aliphatic heterocycles. The van der Waals surface area contributed by atoms with Gasteiger partial charge >= 0.3 is 0 Å². The monoisotopic (exact) mass is 212 g/mol. The molecule has 0 aliphatic carbocycles. The van der Waals surface area contributed by atoms with Crippen LogP contribution in [0.25, 0.3) is 0 Å². The maximum absolute atomic E-state index is 3.55. The van der Waals surface area contributed by atoms with Gasteiger partial charge in [-0.2, -0.15) is 0 Å². The molecule has 1 rings (SSSR count). The molecule has 0 aromatic heterocycles. The lowest BCUT2D eigenvalue weighted by atomic mass is 9.93. The zero-order valence-electron chi connectivity index (χ0n) is 11.0. The highest BCUT2D eigenvalue weighted by Crippen LogP contribution is 2.28. The van der Waals surface area contributed by atoms with E-state index in [1.807, 2.05) is 0 Å². The summed E-state index contributed by atoms with van der Waals surface area (Å²) in [6, 6.07) is 0.675. The minimum Gasteiger partial charge on any atom is -0.314 e. The molecule has 2 nitrogen and oxygen atoms in total. The highest BCUT2D eigenvalue weighted by molar-refractivity contribution is 4.82. The molecule has 15 heavy (non-hydrogen) atoms. The van der Waals surface area contributed by atoms with Crippen LogP contribution in [0.5, 0.6) is 0 Å². The zero-order valence-corrected chi connectivity index (χ0v) is 11.0. The second-order valence-corrected chi connectivity index (χ2v) is 5.83. The number of hydrogen-bond acceptors (Lipinski definition) is 2. The molecule has 1 heterocycles. The van der Waals surface area contributed by atoms with Crippen LogP contribution in [0.2, 0.25) is 0 Å². The first-order valence-electron chi connectivity index (χ1n) is 6.49. The van der Waals surface area contributed by atoms with Crippen molar-refractivity contribution >= 4 is 0 Å². The van der Waals surface area contributed by atoms with E-state index in [2.05, 4.69) is 37.9 Å². The van der Waals surface area contributed by atoms with Gasteiger partial charge in [-0.25, -0.2) is 0 Å². The maximum atomic E-state index is 3.55. The van der Waals surface area contributed by atoms with Gasteiger partial charge in [0.25, 0.3) is 0 Å². The Morgan fingerprint density at radius 1 is 1.40 bits per heavy atom. The van der Waals surface area contributed by atoms with Gasteiger partial charge in [0.1, 0.15) is 0 Å². The number of hydrogen-bond donors (Lipinski definition) is 1. The smallest absolute Gasteiger partial charge is 0.00508 e. The van der Waals surface area contributed by atoms with Crippen molar-refractivity contribution in [1.29, 1.82) is 0 Å². The van der Waals surface area contributed by atoms with E-state index >= 15 is 0 Å². The third-order valence-electron chi connectivity index (χ3n) is 3.38. The lowest BCUT2D eigenvalue weighted by molar-refractivity contribution is 0.276. The molecule has 1 unspecified atom stereocenters. The van der Waals surface area contributed by atoms with Gasteiger partial charge in [0.2, 0.25) is 0 Å². The second-order valence-electron chi connectivity index (χ2n) is 5.83. The van der Waals surface area contributed by atoms with Gasteiger partial charge in [0, 0.05) is 12.6 Å². The summed E-state index contributed by atoms with van der Waals surface area (Å²) in [5, 5.41) is 3.55. The Bertz CT molecular complexity index is 177. The lowest BCUT2D eigenvalue weighted by Gasteiger charge is -2.21. The van der Waals surface area contributed by atoms with Gasteiger partial charge in [-0.15, -0.1) is 0 Å². The Balaban J connectivity index is 2.10. The molecule has 1 fully saturated rings. The molecule has 90 valence electrons. The quantitative estimate of drug-likeness (QED) is 0.728. The van der Waals surface area contributed by atoms with Crippen LogP contribution >= 0.6 is 0 Å². The van der Waals surface area contributed by atoms with Gasteiger partial charge in [0.05, 0.1) is 0 Å². The average Bonchev–Trinajstić information content (AvgIpc) is 2.52. The van der Waals surface area contributed by atoms with Crippen LogP contribution in [-0.4, -0.2) is 37.1 Å². The second kappa shape index (κ2) is 5.86. The van der Waals surface area contributed by atoms with E-state index in [0.29, 0.717) is 11.5 Å². The molecule has 1 N–H and O–H groups in total. The van der Waals surface area contributed by atoms with Crippen LogP contribution in [0.4, 0.5) is 0 Å². The first-order chi connectivity index (χ1) is 7.03. The number of likely N-dealkylation sites (tertiary alicyclic amines) is 1. The molecule has 0 aromatic rings. The first-order valence-corrected chi connectivity index (χ1v) is 6.49. The number of nitrogens with zero attached hydrogens (tertiary/aromatic N) is 1. The molecule has 0 amide bonds. The van der Waals surface area contributed by atoms with Gasteiger partial charge < -0.3 is 10.2 Å². The molecule has 2 heteroatoms. The SMILES string of the molecule is CCCNC(C)CCN1CCC(C)(C)C1. The minimum absolute atomic E-state index is 0.556. The molecule has 1 aliphatic rings. The highest BCUT2D eigenvalue weighted by atomic mass is 15.2. The number of nitrogens with one attached hydrogen (secondary N) is 1. The van der Waals surface area contributed by atoms with Crippen molar-refractivity contribution in [3.8, 4) is 0 Å². The van der Waals surface area contributed by atoms with Crippen molar-refractivity contribution in [2.45, 2.75) is 53.0 Å². The van der Waals surface area contributed by atoms with E-state index in [1.54, 1.807) is 0 Å². The van der Waals surface area contributed by atoms with Crippen molar-refractivity contribution in [3.05, 3.63) is 0 Å². The van der Waals surface area contributed by atoms with Crippen LogP contribution in [0.1, 0.15) is 47.0 Å². The Hall–Kier alpha value is -0.0800. The Morgan fingerprint density at radius 2 is 2.13 bits per heavy atom. The van der Waals surface area contributed by atoms with E-state index < -0.39 is 0 Å². The highest BCUT2D eigenvalue weighted by Gasteiger charge is 2.28. The fourth-order valence-electron chi connectivity index (χ4n) is 2.28. The maximum Gasteiger partial charge on any atom is 0.00508 e. The van der Waals surface area contributed by atoms with Gasteiger partial charge in [-0.3, -0.25) is 0 Å². The Kier molecular flexibility index (Phi) is 5.07. The predicted molar refractivity (Wildman–Crippen MR) is 67.2 cm³/mol. The topological polar surface area (TPSA) is 15.3 Å². The average molecular weight is 212 g/mol. The fraction of sp³-hybridized carbons (Fsp3) is 1.00. The van der Waals surface area contributed by atoms with Gasteiger partial charge in [-0.1, -0.05) is 20.8 Å². The third-order valence-corrected chi connectivity index (χ3v) is 3.38. The van der Waals surface area contributed by atoms with Gasteiger partial charge in [-0.05, 0) is 51.2 Å². The van der Waals surface area contributed by atoms with Gasteiger partial charge in [0.15, 0.2) is 0 Å². The fourth-order valence-corrected chi connectivity index (χ4v) is 2.28. The van der Waals surface area contributed by atoms with Crippen molar-refractivity contribution in [1.82, 2.24) is 10.2 Å². The minimum atomic E-state index is 0.556. The van der Waals surface area contributed by atoms with Crippen molar-refractivity contribution in [2.24, 2.45) is 5.41 Å². The molecular formula is C13H28N2. The third kappa shape index (κ3) is 4.98.